The van der Waals surface area contributed by atoms with Gasteiger partial charge in [-0.1, -0.05) is 41.8 Å². The predicted molar refractivity (Wildman–Crippen MR) is 111 cm³/mol. The Bertz CT molecular complexity index is 602. The molecule has 0 unspecified atom stereocenters. The second kappa shape index (κ2) is 13.1. The number of allylic oxidation sites excluding steroid dienone is 1. The average molecular weight is 401 g/mol. The van der Waals surface area contributed by atoms with E-state index in [1.165, 1.54) is 5.57 Å². The highest BCUT2D eigenvalue weighted by Gasteiger charge is 2.09. The Kier molecular flexibility index (Phi) is 11.5. The van der Waals surface area contributed by atoms with Crippen LogP contribution in [-0.4, -0.2) is 26.4 Å². The molecule has 0 spiro atoms. The van der Waals surface area contributed by atoms with E-state index in [0.29, 0.717) is 19.8 Å². The molecule has 0 aliphatic rings. The second-order valence-electron chi connectivity index (χ2n) is 6.30. The van der Waals surface area contributed by atoms with E-state index in [0.717, 1.165) is 48.5 Å². The Morgan fingerprint density at radius 1 is 1.00 bits per heavy atom. The van der Waals surface area contributed by atoms with E-state index in [9.17, 15) is 0 Å². The van der Waals surface area contributed by atoms with Gasteiger partial charge in [0.1, 0.15) is 22.6 Å². The third-order valence-electron chi connectivity index (χ3n) is 3.73. The standard InChI is InChI=1S/C21H30Cl2O3/c1-5-18-15-19(25-13-9-20(22)23)14-17(4)21(18)26-11-7-6-10-24-12-8-16(2)3/h8-9,14-15H,5-7,10-13H2,1-4H3. The lowest BCUT2D eigenvalue weighted by atomic mass is 10.1. The highest BCUT2D eigenvalue weighted by Crippen LogP contribution is 2.30. The minimum atomic E-state index is 0.210. The van der Waals surface area contributed by atoms with Gasteiger partial charge < -0.3 is 14.2 Å². The maximum atomic E-state index is 6.02. The fourth-order valence-electron chi connectivity index (χ4n) is 2.35. The number of hydrogen-bond acceptors (Lipinski definition) is 3. The predicted octanol–water partition coefficient (Wildman–Crippen LogP) is 6.40. The van der Waals surface area contributed by atoms with Gasteiger partial charge in [-0.2, -0.15) is 0 Å². The van der Waals surface area contributed by atoms with E-state index >= 15 is 0 Å². The Hall–Kier alpha value is -1.16. The first-order valence-corrected chi connectivity index (χ1v) is 9.81. The molecule has 1 aromatic carbocycles. The fourth-order valence-corrected chi connectivity index (χ4v) is 2.48. The topological polar surface area (TPSA) is 27.7 Å². The minimum Gasteiger partial charge on any atom is -0.493 e. The molecule has 0 aliphatic heterocycles. The van der Waals surface area contributed by atoms with Crippen molar-refractivity contribution in [3.63, 3.8) is 0 Å². The van der Waals surface area contributed by atoms with Crippen LogP contribution >= 0.6 is 23.2 Å². The van der Waals surface area contributed by atoms with E-state index in [2.05, 4.69) is 26.8 Å². The summed E-state index contributed by atoms with van der Waals surface area (Å²) >= 11 is 11.2. The van der Waals surface area contributed by atoms with Crippen LogP contribution in [0.4, 0.5) is 0 Å². The molecule has 0 atom stereocenters. The molecule has 26 heavy (non-hydrogen) atoms. The van der Waals surface area contributed by atoms with Crippen molar-refractivity contribution in [1.29, 1.82) is 0 Å². The zero-order valence-electron chi connectivity index (χ0n) is 16.2. The van der Waals surface area contributed by atoms with Crippen molar-refractivity contribution in [2.45, 2.75) is 47.0 Å². The summed E-state index contributed by atoms with van der Waals surface area (Å²) in [5, 5.41) is 0. The van der Waals surface area contributed by atoms with Gasteiger partial charge in [-0.05, 0) is 69.4 Å². The molecule has 1 rings (SSSR count). The number of halogens is 2. The normalized spacial score (nSPS) is 10.4. The molecule has 0 amide bonds. The van der Waals surface area contributed by atoms with Crippen LogP contribution in [0.2, 0.25) is 0 Å². The molecule has 1 aromatic rings. The van der Waals surface area contributed by atoms with Gasteiger partial charge in [0.15, 0.2) is 0 Å². The summed E-state index contributed by atoms with van der Waals surface area (Å²) in [6.45, 7) is 10.8. The molecule has 5 heteroatoms. The largest absolute Gasteiger partial charge is 0.493 e. The summed E-state index contributed by atoms with van der Waals surface area (Å²) in [5.41, 5.74) is 3.49. The van der Waals surface area contributed by atoms with Gasteiger partial charge >= 0.3 is 0 Å². The van der Waals surface area contributed by atoms with Gasteiger partial charge in [0.2, 0.25) is 0 Å². The molecular weight excluding hydrogens is 371 g/mol. The van der Waals surface area contributed by atoms with Crippen LogP contribution in [0, 0.1) is 6.92 Å². The van der Waals surface area contributed by atoms with Crippen LogP contribution in [-0.2, 0) is 11.2 Å². The third kappa shape index (κ3) is 9.51. The van der Waals surface area contributed by atoms with E-state index < -0.39 is 0 Å². The first-order valence-electron chi connectivity index (χ1n) is 9.05. The van der Waals surface area contributed by atoms with Crippen LogP contribution in [0.3, 0.4) is 0 Å². The summed E-state index contributed by atoms with van der Waals surface area (Å²) in [5.74, 6) is 1.75. The van der Waals surface area contributed by atoms with Crippen LogP contribution in [0.15, 0.2) is 34.3 Å². The van der Waals surface area contributed by atoms with E-state index in [1.54, 1.807) is 6.08 Å². The lowest BCUT2D eigenvalue weighted by Gasteiger charge is -2.15. The quantitative estimate of drug-likeness (QED) is 0.300. The van der Waals surface area contributed by atoms with Crippen LogP contribution < -0.4 is 9.47 Å². The second-order valence-corrected chi connectivity index (χ2v) is 7.31. The zero-order valence-corrected chi connectivity index (χ0v) is 17.8. The Morgan fingerprint density at radius 2 is 1.73 bits per heavy atom. The van der Waals surface area contributed by atoms with Gasteiger partial charge in [-0.15, -0.1) is 0 Å². The smallest absolute Gasteiger partial charge is 0.125 e. The van der Waals surface area contributed by atoms with Gasteiger partial charge in [-0.3, -0.25) is 0 Å². The van der Waals surface area contributed by atoms with Crippen molar-refractivity contribution in [2.24, 2.45) is 0 Å². The number of aryl methyl sites for hydroxylation is 2. The molecule has 0 bridgehead atoms. The molecular formula is C21H30Cl2O3. The Morgan fingerprint density at radius 3 is 2.38 bits per heavy atom. The molecule has 0 aromatic heterocycles. The number of hydrogen-bond donors (Lipinski definition) is 0. The summed E-state index contributed by atoms with van der Waals surface area (Å²) in [4.78, 5) is 0. The van der Waals surface area contributed by atoms with Crippen molar-refractivity contribution in [1.82, 2.24) is 0 Å². The number of rotatable bonds is 12. The van der Waals surface area contributed by atoms with Crippen LogP contribution in [0.1, 0.15) is 44.7 Å². The molecule has 3 nitrogen and oxygen atoms in total. The minimum absolute atomic E-state index is 0.210. The Balaban J connectivity index is 2.46. The fraction of sp³-hybridized carbons (Fsp3) is 0.524. The van der Waals surface area contributed by atoms with Crippen LogP contribution in [0.5, 0.6) is 11.5 Å². The maximum absolute atomic E-state index is 6.02. The number of ether oxygens (including phenoxy) is 3. The monoisotopic (exact) mass is 400 g/mol. The Labute approximate surface area is 167 Å². The summed E-state index contributed by atoms with van der Waals surface area (Å²) in [6.07, 6.45) is 6.55. The average Bonchev–Trinajstić information content (AvgIpc) is 2.57. The van der Waals surface area contributed by atoms with Crippen molar-refractivity contribution >= 4 is 23.2 Å². The first kappa shape index (κ1) is 22.9. The van der Waals surface area contributed by atoms with Crippen molar-refractivity contribution in [3.8, 4) is 11.5 Å². The molecule has 0 fully saturated rings. The van der Waals surface area contributed by atoms with Gasteiger partial charge in [0.25, 0.3) is 0 Å². The van der Waals surface area contributed by atoms with Gasteiger partial charge in [0.05, 0.1) is 13.2 Å². The van der Waals surface area contributed by atoms with E-state index in [-0.39, 0.29) is 4.49 Å². The highest BCUT2D eigenvalue weighted by molar-refractivity contribution is 6.55. The lowest BCUT2D eigenvalue weighted by Crippen LogP contribution is -2.05. The van der Waals surface area contributed by atoms with Crippen molar-refractivity contribution in [2.75, 3.05) is 26.4 Å². The molecule has 0 aliphatic carbocycles. The first-order chi connectivity index (χ1) is 12.4. The lowest BCUT2D eigenvalue weighted by molar-refractivity contribution is 0.151. The molecule has 0 N–H and O–H groups in total. The van der Waals surface area contributed by atoms with Gasteiger partial charge in [0, 0.05) is 6.61 Å². The molecule has 0 heterocycles. The van der Waals surface area contributed by atoms with E-state index in [4.69, 9.17) is 37.4 Å². The SMILES string of the molecule is CCc1cc(OCC=C(Cl)Cl)cc(C)c1OCCCCOCC=C(C)C. The van der Waals surface area contributed by atoms with Crippen LogP contribution in [0.25, 0.3) is 0 Å². The van der Waals surface area contributed by atoms with E-state index in [1.807, 2.05) is 19.1 Å². The number of benzene rings is 1. The summed E-state index contributed by atoms with van der Waals surface area (Å²) in [6, 6.07) is 3.99. The number of unbranched alkanes of at least 4 members (excludes halogenated alkanes) is 1. The van der Waals surface area contributed by atoms with Crippen molar-refractivity contribution < 1.29 is 14.2 Å². The molecule has 0 radical (unpaired) electrons. The van der Waals surface area contributed by atoms with Gasteiger partial charge in [-0.25, -0.2) is 0 Å². The third-order valence-corrected chi connectivity index (χ3v) is 4.04. The molecule has 146 valence electrons. The molecule has 0 saturated heterocycles. The summed E-state index contributed by atoms with van der Waals surface area (Å²) < 4.78 is 17.5. The zero-order chi connectivity index (χ0) is 19.4. The highest BCUT2D eigenvalue weighted by atomic mass is 35.5. The van der Waals surface area contributed by atoms with Crippen molar-refractivity contribution in [3.05, 3.63) is 45.5 Å². The summed E-state index contributed by atoms with van der Waals surface area (Å²) in [7, 11) is 0. The maximum Gasteiger partial charge on any atom is 0.125 e. The molecule has 0 saturated carbocycles.